The first-order chi connectivity index (χ1) is 17.8. The van der Waals surface area contributed by atoms with Gasteiger partial charge in [-0.05, 0) is 87.8 Å². The minimum atomic E-state index is -0.0493. The van der Waals surface area contributed by atoms with E-state index >= 15 is 0 Å². The van der Waals surface area contributed by atoms with Crippen molar-refractivity contribution in [2.75, 3.05) is 36.1 Å². The molecular weight excluding hydrogens is 484 g/mol. The molecule has 0 bridgehead atoms. The summed E-state index contributed by atoms with van der Waals surface area (Å²) in [6, 6.07) is 21.7. The number of anilines is 4. The van der Waals surface area contributed by atoms with Crippen LogP contribution in [0.5, 0.6) is 5.75 Å². The largest absolute Gasteiger partial charge is 0.497 e. The molecule has 4 rings (SSSR count). The van der Waals surface area contributed by atoms with Gasteiger partial charge in [0.25, 0.3) is 0 Å². The molecule has 0 aliphatic rings. The van der Waals surface area contributed by atoms with Crippen LogP contribution >= 0.6 is 11.9 Å². The number of nitrogens with zero attached hydrogens (tertiary/aromatic N) is 3. The number of likely N-dealkylation sites (N-methyl/N-ethyl adjacent to an activating group) is 1. The van der Waals surface area contributed by atoms with Gasteiger partial charge in [-0.2, -0.15) is 0 Å². The van der Waals surface area contributed by atoms with Crippen LogP contribution in [0.15, 0.2) is 71.6 Å². The fourth-order valence-corrected chi connectivity index (χ4v) is 4.28. The van der Waals surface area contributed by atoms with E-state index in [-0.39, 0.29) is 5.91 Å². The van der Waals surface area contributed by atoms with Gasteiger partial charge >= 0.3 is 0 Å². The topological polar surface area (TPSA) is 91.4 Å². The maximum Gasteiger partial charge on any atom is 0.238 e. The zero-order chi connectivity index (χ0) is 26.4. The van der Waals surface area contributed by atoms with Gasteiger partial charge in [-0.1, -0.05) is 18.2 Å². The molecule has 1 aromatic heterocycles. The number of ether oxygens (including phenoxy) is 1. The molecule has 8 nitrogen and oxygen atoms in total. The second-order valence-corrected chi connectivity index (χ2v) is 9.94. The molecule has 192 valence electrons. The molecule has 37 heavy (non-hydrogen) atoms. The standard InChI is InChI=1S/C28H32N6O2S/c1-18(2)34(4)17-26(35)29-20-9-8-10-23(16-20)37-33-28-27(31-24-11-6-7-12-25(24)32-28)30-21-13-19(3)14-22(15-21)36-5/h6-16,18H,17H2,1-5H3,(H,29,35)(H,30,31)(H,32,33). The number of methoxy groups -OCH3 is 1. The third-order valence-electron chi connectivity index (χ3n) is 5.78. The maximum absolute atomic E-state index is 12.4. The molecule has 0 atom stereocenters. The molecule has 0 spiro atoms. The van der Waals surface area contributed by atoms with Crippen molar-refractivity contribution in [3.63, 3.8) is 0 Å². The van der Waals surface area contributed by atoms with Crippen molar-refractivity contribution in [2.24, 2.45) is 0 Å². The normalized spacial score (nSPS) is 11.1. The van der Waals surface area contributed by atoms with E-state index in [1.165, 1.54) is 11.9 Å². The quantitative estimate of drug-likeness (QED) is 0.218. The number of hydrogen-bond donors (Lipinski definition) is 3. The monoisotopic (exact) mass is 516 g/mol. The van der Waals surface area contributed by atoms with Gasteiger partial charge in [-0.3, -0.25) is 9.69 Å². The molecule has 9 heteroatoms. The molecule has 4 aromatic rings. The zero-order valence-electron chi connectivity index (χ0n) is 21.7. The molecule has 0 aliphatic carbocycles. The van der Waals surface area contributed by atoms with Gasteiger partial charge in [0.15, 0.2) is 11.6 Å². The lowest BCUT2D eigenvalue weighted by Gasteiger charge is -2.20. The number of amides is 1. The zero-order valence-corrected chi connectivity index (χ0v) is 22.5. The van der Waals surface area contributed by atoms with Crippen molar-refractivity contribution in [1.29, 1.82) is 0 Å². The van der Waals surface area contributed by atoms with Gasteiger partial charge in [0.2, 0.25) is 5.91 Å². The molecule has 3 aromatic carbocycles. The number of aryl methyl sites for hydroxylation is 1. The van der Waals surface area contributed by atoms with Crippen LogP contribution in [0.3, 0.4) is 0 Å². The van der Waals surface area contributed by atoms with Crippen LogP contribution in [0.2, 0.25) is 0 Å². The van der Waals surface area contributed by atoms with Gasteiger partial charge in [-0.15, -0.1) is 0 Å². The van der Waals surface area contributed by atoms with Gasteiger partial charge in [-0.25, -0.2) is 9.97 Å². The lowest BCUT2D eigenvalue weighted by molar-refractivity contribution is -0.117. The van der Waals surface area contributed by atoms with Gasteiger partial charge in [0, 0.05) is 28.4 Å². The molecule has 1 amide bonds. The minimum absolute atomic E-state index is 0.0493. The summed E-state index contributed by atoms with van der Waals surface area (Å²) >= 11 is 1.40. The van der Waals surface area contributed by atoms with Crippen molar-refractivity contribution < 1.29 is 9.53 Å². The Labute approximate surface area is 222 Å². The van der Waals surface area contributed by atoms with E-state index in [4.69, 9.17) is 14.7 Å². The smallest absolute Gasteiger partial charge is 0.238 e. The molecule has 0 saturated heterocycles. The Balaban J connectivity index is 1.54. The van der Waals surface area contributed by atoms with E-state index < -0.39 is 0 Å². The first kappa shape index (κ1) is 26.2. The Hall–Kier alpha value is -3.82. The molecule has 3 N–H and O–H groups in total. The minimum Gasteiger partial charge on any atom is -0.497 e. The van der Waals surface area contributed by atoms with E-state index in [1.807, 2.05) is 85.6 Å². The molecule has 0 unspecified atom stereocenters. The lowest BCUT2D eigenvalue weighted by atomic mass is 10.2. The molecular formula is C28H32N6O2S. The highest BCUT2D eigenvalue weighted by molar-refractivity contribution is 8.00. The number of nitrogens with one attached hydrogen (secondary N) is 3. The predicted molar refractivity (Wildman–Crippen MR) is 153 cm³/mol. The molecule has 0 fully saturated rings. The Kier molecular flexibility index (Phi) is 8.47. The number of para-hydroxylation sites is 2. The fourth-order valence-electron chi connectivity index (χ4n) is 3.59. The molecule has 0 radical (unpaired) electrons. The van der Waals surface area contributed by atoms with Crippen molar-refractivity contribution in [3.05, 3.63) is 72.3 Å². The van der Waals surface area contributed by atoms with Crippen LogP contribution in [0.1, 0.15) is 19.4 Å². The van der Waals surface area contributed by atoms with Crippen LogP contribution in [0.4, 0.5) is 23.0 Å². The van der Waals surface area contributed by atoms with Gasteiger partial charge in [0.1, 0.15) is 5.75 Å². The number of hydrogen-bond acceptors (Lipinski definition) is 8. The maximum atomic E-state index is 12.4. The first-order valence-corrected chi connectivity index (χ1v) is 12.8. The highest BCUT2D eigenvalue weighted by atomic mass is 32.2. The summed E-state index contributed by atoms with van der Waals surface area (Å²) in [7, 11) is 3.58. The van der Waals surface area contributed by atoms with E-state index in [0.29, 0.717) is 24.2 Å². The average Bonchev–Trinajstić information content (AvgIpc) is 2.87. The van der Waals surface area contributed by atoms with E-state index in [1.54, 1.807) is 7.11 Å². The van der Waals surface area contributed by atoms with Crippen LogP contribution in [-0.2, 0) is 4.79 Å². The number of carbonyl (C=O) groups is 1. The van der Waals surface area contributed by atoms with Crippen LogP contribution in [0.25, 0.3) is 11.0 Å². The average molecular weight is 517 g/mol. The Morgan fingerprint density at radius 2 is 1.70 bits per heavy atom. The van der Waals surface area contributed by atoms with Crippen molar-refractivity contribution in [2.45, 2.75) is 31.7 Å². The third kappa shape index (κ3) is 7.12. The van der Waals surface area contributed by atoms with Crippen LogP contribution in [-0.4, -0.2) is 47.5 Å². The number of benzene rings is 3. The van der Waals surface area contributed by atoms with Crippen molar-refractivity contribution in [1.82, 2.24) is 14.9 Å². The van der Waals surface area contributed by atoms with E-state index in [2.05, 4.69) is 29.2 Å². The Bertz CT molecular complexity index is 1390. The highest BCUT2D eigenvalue weighted by Crippen LogP contribution is 2.31. The second kappa shape index (κ2) is 11.9. The summed E-state index contributed by atoms with van der Waals surface area (Å²) in [5.41, 5.74) is 4.23. The number of carbonyl (C=O) groups excluding carboxylic acids is 1. The van der Waals surface area contributed by atoms with Crippen molar-refractivity contribution >= 4 is 51.9 Å². The highest BCUT2D eigenvalue weighted by Gasteiger charge is 2.12. The molecule has 0 aliphatic heterocycles. The molecule has 0 saturated carbocycles. The number of rotatable bonds is 10. The Morgan fingerprint density at radius 3 is 2.41 bits per heavy atom. The summed E-state index contributed by atoms with van der Waals surface area (Å²) in [6.45, 7) is 6.47. The lowest BCUT2D eigenvalue weighted by Crippen LogP contribution is -2.34. The number of aromatic nitrogens is 2. The fraction of sp³-hybridized carbons (Fsp3) is 0.250. The van der Waals surface area contributed by atoms with Crippen molar-refractivity contribution in [3.8, 4) is 5.75 Å². The Morgan fingerprint density at radius 1 is 0.973 bits per heavy atom. The SMILES string of the molecule is COc1cc(C)cc(Nc2nc3ccccc3nc2NSc2cccc(NC(=O)CN(C)C(C)C)c2)c1. The summed E-state index contributed by atoms with van der Waals surface area (Å²) in [5.74, 6) is 1.91. The number of fused-ring (bicyclic) bond motifs is 1. The summed E-state index contributed by atoms with van der Waals surface area (Å²) < 4.78 is 8.76. The van der Waals surface area contributed by atoms with Crippen LogP contribution < -0.4 is 20.1 Å². The third-order valence-corrected chi connectivity index (χ3v) is 6.56. The second-order valence-electron chi connectivity index (χ2n) is 9.06. The van der Waals surface area contributed by atoms with E-state index in [0.717, 1.165) is 38.6 Å². The summed E-state index contributed by atoms with van der Waals surface area (Å²) in [4.78, 5) is 25.0. The summed E-state index contributed by atoms with van der Waals surface area (Å²) in [5, 5.41) is 6.37. The summed E-state index contributed by atoms with van der Waals surface area (Å²) in [6.07, 6.45) is 0. The van der Waals surface area contributed by atoms with Gasteiger partial charge in [0.05, 0.1) is 24.7 Å². The van der Waals surface area contributed by atoms with Gasteiger partial charge < -0.3 is 20.1 Å². The predicted octanol–water partition coefficient (Wildman–Crippen LogP) is 6.09. The molecule has 1 heterocycles. The first-order valence-electron chi connectivity index (χ1n) is 12.0. The van der Waals surface area contributed by atoms with Crippen LogP contribution in [0, 0.1) is 6.92 Å². The van der Waals surface area contributed by atoms with E-state index in [9.17, 15) is 4.79 Å².